The van der Waals surface area contributed by atoms with Gasteiger partial charge < -0.3 is 10.0 Å². The van der Waals surface area contributed by atoms with E-state index in [1.54, 1.807) is 25.3 Å². The van der Waals surface area contributed by atoms with Gasteiger partial charge in [0.15, 0.2) is 5.82 Å². The molecule has 0 aromatic carbocycles. The van der Waals surface area contributed by atoms with E-state index in [1.165, 1.54) is 6.20 Å². The highest BCUT2D eigenvalue weighted by Crippen LogP contribution is 2.30. The van der Waals surface area contributed by atoms with Crippen molar-refractivity contribution in [1.82, 2.24) is 19.9 Å². The van der Waals surface area contributed by atoms with Crippen LogP contribution in [0.25, 0.3) is 11.3 Å². The molecule has 3 heterocycles. The third-order valence-corrected chi connectivity index (χ3v) is 4.36. The van der Waals surface area contributed by atoms with E-state index >= 15 is 0 Å². The minimum atomic E-state index is -1.03. The van der Waals surface area contributed by atoms with Crippen LogP contribution in [-0.2, 0) is 4.79 Å². The minimum absolute atomic E-state index is 0.0193. The number of aromatic carboxylic acids is 1. The summed E-state index contributed by atoms with van der Waals surface area (Å²) >= 11 is 0. The molecule has 1 atom stereocenters. The van der Waals surface area contributed by atoms with Crippen LogP contribution in [0.3, 0.4) is 0 Å². The van der Waals surface area contributed by atoms with Gasteiger partial charge in [0.05, 0.1) is 17.3 Å². The molecular weight excluding hydrogens is 320 g/mol. The Morgan fingerprint density at radius 3 is 2.72 bits per heavy atom. The van der Waals surface area contributed by atoms with Crippen LogP contribution in [0.4, 0.5) is 0 Å². The normalized spacial score (nSPS) is 17.4. The molecule has 0 bridgehead atoms. The Morgan fingerprint density at radius 1 is 1.20 bits per heavy atom. The van der Waals surface area contributed by atoms with Crippen LogP contribution >= 0.6 is 0 Å². The van der Waals surface area contributed by atoms with Gasteiger partial charge in [0.1, 0.15) is 0 Å². The summed E-state index contributed by atoms with van der Waals surface area (Å²) in [5, 5.41) is 9.15. The van der Waals surface area contributed by atoms with Gasteiger partial charge in [-0.25, -0.2) is 14.8 Å². The highest BCUT2D eigenvalue weighted by Gasteiger charge is 2.28. The number of hydrogen-bond acceptors (Lipinski definition) is 5. The molecule has 0 aliphatic carbocycles. The van der Waals surface area contributed by atoms with E-state index in [4.69, 9.17) is 5.11 Å². The summed E-state index contributed by atoms with van der Waals surface area (Å²) in [4.78, 5) is 38.1. The van der Waals surface area contributed by atoms with Crippen molar-refractivity contribution >= 4 is 11.9 Å². The van der Waals surface area contributed by atoms with Crippen LogP contribution in [0, 0.1) is 6.92 Å². The van der Waals surface area contributed by atoms with Crippen LogP contribution in [0.15, 0.2) is 24.5 Å². The fourth-order valence-electron chi connectivity index (χ4n) is 3.16. The summed E-state index contributed by atoms with van der Waals surface area (Å²) in [6, 6.07) is 3.21. The largest absolute Gasteiger partial charge is 0.478 e. The third-order valence-electron chi connectivity index (χ3n) is 4.36. The van der Waals surface area contributed by atoms with Gasteiger partial charge in [0.25, 0.3) is 0 Å². The van der Waals surface area contributed by atoms with Crippen LogP contribution in [0.2, 0.25) is 0 Å². The lowest BCUT2D eigenvalue weighted by Gasteiger charge is -2.34. The quantitative estimate of drug-likeness (QED) is 0.922. The number of piperidine rings is 1. The molecule has 1 saturated heterocycles. The first-order chi connectivity index (χ1) is 12.0. The molecule has 130 valence electrons. The van der Waals surface area contributed by atoms with Crippen LogP contribution in [0.1, 0.15) is 54.1 Å². The maximum atomic E-state index is 11.9. The second-order valence-corrected chi connectivity index (χ2v) is 6.24. The van der Waals surface area contributed by atoms with E-state index < -0.39 is 5.97 Å². The molecule has 1 N–H and O–H groups in total. The van der Waals surface area contributed by atoms with E-state index in [9.17, 15) is 9.59 Å². The Kier molecular flexibility index (Phi) is 4.74. The van der Waals surface area contributed by atoms with Crippen LogP contribution in [-0.4, -0.2) is 43.4 Å². The van der Waals surface area contributed by atoms with E-state index in [0.717, 1.165) is 25.0 Å². The SMILES string of the molecule is CC(=O)N1CCCC[C@H]1c1nc(C)cc(-c2cncc(C(=O)O)c2)n1. The Balaban J connectivity index is 2.02. The minimum Gasteiger partial charge on any atom is -0.478 e. The lowest BCUT2D eigenvalue weighted by Crippen LogP contribution is -2.37. The molecule has 1 aliphatic heterocycles. The molecule has 7 heteroatoms. The highest BCUT2D eigenvalue weighted by molar-refractivity contribution is 5.88. The van der Waals surface area contributed by atoms with Crippen LogP contribution in [0.5, 0.6) is 0 Å². The van der Waals surface area contributed by atoms with E-state index in [-0.39, 0.29) is 17.5 Å². The number of carboxylic acid groups (broad SMARTS) is 1. The van der Waals surface area contributed by atoms with Crippen molar-refractivity contribution in [2.24, 2.45) is 0 Å². The number of amides is 1. The van der Waals surface area contributed by atoms with Crippen molar-refractivity contribution in [1.29, 1.82) is 0 Å². The second kappa shape index (κ2) is 6.96. The molecule has 2 aromatic heterocycles. The average molecular weight is 340 g/mol. The summed E-state index contributed by atoms with van der Waals surface area (Å²) < 4.78 is 0. The highest BCUT2D eigenvalue weighted by atomic mass is 16.4. The lowest BCUT2D eigenvalue weighted by molar-refractivity contribution is -0.132. The van der Waals surface area contributed by atoms with Gasteiger partial charge in [-0.15, -0.1) is 0 Å². The van der Waals surface area contributed by atoms with Gasteiger partial charge in [-0.3, -0.25) is 9.78 Å². The second-order valence-electron chi connectivity index (χ2n) is 6.24. The maximum absolute atomic E-state index is 11.9. The summed E-state index contributed by atoms with van der Waals surface area (Å²) in [7, 11) is 0. The topological polar surface area (TPSA) is 96.3 Å². The first-order valence-electron chi connectivity index (χ1n) is 8.27. The Bertz CT molecular complexity index is 822. The summed E-state index contributed by atoms with van der Waals surface area (Å²) in [5.41, 5.74) is 2.12. The zero-order chi connectivity index (χ0) is 18.0. The van der Waals surface area contributed by atoms with Crippen molar-refractivity contribution in [3.8, 4) is 11.3 Å². The van der Waals surface area contributed by atoms with Crippen molar-refractivity contribution in [2.75, 3.05) is 6.54 Å². The molecule has 2 aromatic rings. The number of rotatable bonds is 3. The average Bonchev–Trinajstić information content (AvgIpc) is 2.61. The number of carbonyl (C=O) groups excluding carboxylic acids is 1. The molecular formula is C18H20N4O3. The standard InChI is InChI=1S/C18H20N4O3/c1-11-7-15(13-8-14(18(24)25)10-19-9-13)21-17(20-11)16-5-3-4-6-22(16)12(2)23/h7-10,16H,3-6H2,1-2H3,(H,24,25)/t16-/m0/s1. The van der Waals surface area contributed by atoms with Crippen molar-refractivity contribution in [3.05, 3.63) is 41.6 Å². The fraction of sp³-hybridized carbons (Fsp3) is 0.389. The number of hydrogen-bond donors (Lipinski definition) is 1. The number of nitrogens with zero attached hydrogens (tertiary/aromatic N) is 4. The van der Waals surface area contributed by atoms with Gasteiger partial charge >= 0.3 is 5.97 Å². The van der Waals surface area contributed by atoms with E-state index in [2.05, 4.69) is 15.0 Å². The van der Waals surface area contributed by atoms with Gasteiger partial charge in [-0.1, -0.05) is 0 Å². The van der Waals surface area contributed by atoms with Crippen molar-refractivity contribution in [3.63, 3.8) is 0 Å². The molecule has 1 amide bonds. The van der Waals surface area contributed by atoms with Gasteiger partial charge in [-0.05, 0) is 38.3 Å². The monoisotopic (exact) mass is 340 g/mol. The number of carbonyl (C=O) groups is 2. The molecule has 0 saturated carbocycles. The number of aromatic nitrogens is 3. The molecule has 25 heavy (non-hydrogen) atoms. The first-order valence-corrected chi connectivity index (χ1v) is 8.27. The fourth-order valence-corrected chi connectivity index (χ4v) is 3.16. The van der Waals surface area contributed by atoms with Crippen molar-refractivity contribution < 1.29 is 14.7 Å². The number of aryl methyl sites for hydroxylation is 1. The van der Waals surface area contributed by atoms with Gasteiger partial charge in [-0.2, -0.15) is 0 Å². The maximum Gasteiger partial charge on any atom is 0.337 e. The van der Waals surface area contributed by atoms with E-state index in [0.29, 0.717) is 23.6 Å². The molecule has 7 nitrogen and oxygen atoms in total. The van der Waals surface area contributed by atoms with E-state index in [1.807, 2.05) is 11.8 Å². The predicted octanol–water partition coefficient (Wildman–Crippen LogP) is 2.62. The molecule has 1 aliphatic rings. The van der Waals surface area contributed by atoms with Crippen LogP contribution < -0.4 is 0 Å². The van der Waals surface area contributed by atoms with Crippen molar-refractivity contribution in [2.45, 2.75) is 39.2 Å². The smallest absolute Gasteiger partial charge is 0.337 e. The number of carboxylic acids is 1. The first kappa shape index (κ1) is 17.0. The van der Waals surface area contributed by atoms with Gasteiger partial charge in [0, 0.05) is 37.1 Å². The third kappa shape index (κ3) is 3.65. The Morgan fingerprint density at radius 2 is 2.00 bits per heavy atom. The number of likely N-dealkylation sites (tertiary alicyclic amines) is 1. The molecule has 0 spiro atoms. The molecule has 1 fully saturated rings. The Labute approximate surface area is 145 Å². The molecule has 3 rings (SSSR count). The molecule has 0 radical (unpaired) electrons. The number of pyridine rings is 1. The molecule has 0 unspecified atom stereocenters. The summed E-state index contributed by atoms with van der Waals surface area (Å²) in [5.74, 6) is -0.410. The summed E-state index contributed by atoms with van der Waals surface area (Å²) in [6.45, 7) is 4.14. The predicted molar refractivity (Wildman–Crippen MR) is 90.9 cm³/mol. The zero-order valence-corrected chi connectivity index (χ0v) is 14.3. The lowest BCUT2D eigenvalue weighted by atomic mass is 10.0. The van der Waals surface area contributed by atoms with Gasteiger partial charge in [0.2, 0.25) is 5.91 Å². The summed E-state index contributed by atoms with van der Waals surface area (Å²) in [6.07, 6.45) is 5.73. The zero-order valence-electron chi connectivity index (χ0n) is 14.3. The Hall–Kier alpha value is -2.83.